The first-order chi connectivity index (χ1) is 9.11. The highest BCUT2D eigenvalue weighted by atomic mass is 35.5. The zero-order chi connectivity index (χ0) is 13.8. The van der Waals surface area contributed by atoms with Gasteiger partial charge >= 0.3 is 0 Å². The molecule has 0 saturated carbocycles. The monoisotopic (exact) mass is 271 g/mol. The van der Waals surface area contributed by atoms with Crippen LogP contribution in [0.5, 0.6) is 0 Å². The highest BCUT2D eigenvalue weighted by Gasteiger charge is 2.11. The number of nitrogens with zero attached hydrogens (tertiary/aromatic N) is 3. The van der Waals surface area contributed by atoms with Crippen molar-refractivity contribution in [2.45, 2.75) is 13.5 Å². The fraction of sp³-hybridized carbons (Fsp3) is 0.200. The zero-order valence-corrected chi connectivity index (χ0v) is 11.6. The Bertz CT molecular complexity index is 632. The first kappa shape index (κ1) is 13.4. The third-order valence-corrected chi connectivity index (χ3v) is 3.16. The first-order valence-electron chi connectivity index (χ1n) is 5.93. The van der Waals surface area contributed by atoms with Crippen molar-refractivity contribution >= 4 is 17.4 Å². The summed E-state index contributed by atoms with van der Waals surface area (Å²) in [7, 11) is 1.92. The van der Waals surface area contributed by atoms with Gasteiger partial charge in [0.1, 0.15) is 11.9 Å². The van der Waals surface area contributed by atoms with E-state index in [1.165, 1.54) is 0 Å². The average molecular weight is 272 g/mol. The van der Waals surface area contributed by atoms with Gasteiger partial charge in [-0.2, -0.15) is 5.26 Å². The predicted molar refractivity (Wildman–Crippen MR) is 77.2 cm³/mol. The van der Waals surface area contributed by atoms with E-state index < -0.39 is 0 Å². The number of aryl methyl sites for hydroxylation is 1. The standard InChI is InChI=1S/C15H14ClN3/c1-11-6-7-18-15(14(11)9-17)19(2)10-12-4-3-5-13(16)8-12/h3-8H,10H2,1-2H3. The van der Waals surface area contributed by atoms with Crippen LogP contribution in [0.2, 0.25) is 5.02 Å². The van der Waals surface area contributed by atoms with Crippen LogP contribution in [0.3, 0.4) is 0 Å². The maximum atomic E-state index is 9.22. The summed E-state index contributed by atoms with van der Waals surface area (Å²) in [5, 5.41) is 9.93. The quantitative estimate of drug-likeness (QED) is 0.857. The van der Waals surface area contributed by atoms with Crippen LogP contribution in [0.15, 0.2) is 36.5 Å². The second kappa shape index (κ2) is 5.73. The lowest BCUT2D eigenvalue weighted by atomic mass is 10.1. The van der Waals surface area contributed by atoms with E-state index in [2.05, 4.69) is 11.1 Å². The van der Waals surface area contributed by atoms with Gasteiger partial charge in [0.05, 0.1) is 5.56 Å². The molecule has 1 aromatic heterocycles. The number of benzene rings is 1. The molecular formula is C15H14ClN3. The fourth-order valence-corrected chi connectivity index (χ4v) is 2.17. The number of anilines is 1. The minimum absolute atomic E-state index is 0.618. The molecule has 0 aliphatic carbocycles. The van der Waals surface area contributed by atoms with Gasteiger partial charge in [-0.05, 0) is 36.2 Å². The Hall–Kier alpha value is -2.05. The minimum Gasteiger partial charge on any atom is -0.354 e. The highest BCUT2D eigenvalue weighted by molar-refractivity contribution is 6.30. The summed E-state index contributed by atoms with van der Waals surface area (Å²) in [5.41, 5.74) is 2.64. The van der Waals surface area contributed by atoms with Crippen LogP contribution in [0, 0.1) is 18.3 Å². The van der Waals surface area contributed by atoms with Gasteiger partial charge in [-0.1, -0.05) is 23.7 Å². The summed E-state index contributed by atoms with van der Waals surface area (Å²) in [6, 6.07) is 11.7. The van der Waals surface area contributed by atoms with Crippen molar-refractivity contribution in [1.82, 2.24) is 4.98 Å². The van der Waals surface area contributed by atoms with Crippen molar-refractivity contribution in [2.75, 3.05) is 11.9 Å². The Labute approximate surface area is 118 Å². The number of aromatic nitrogens is 1. The topological polar surface area (TPSA) is 39.9 Å². The predicted octanol–water partition coefficient (Wildman–Crippen LogP) is 3.55. The fourth-order valence-electron chi connectivity index (χ4n) is 1.96. The van der Waals surface area contributed by atoms with Gasteiger partial charge in [-0.15, -0.1) is 0 Å². The summed E-state index contributed by atoms with van der Waals surface area (Å²) < 4.78 is 0. The van der Waals surface area contributed by atoms with Gasteiger partial charge in [0.2, 0.25) is 0 Å². The molecular weight excluding hydrogens is 258 g/mol. The molecule has 0 atom stereocenters. The largest absolute Gasteiger partial charge is 0.354 e. The molecule has 2 rings (SSSR count). The summed E-state index contributed by atoms with van der Waals surface area (Å²) in [5.74, 6) is 0.697. The van der Waals surface area contributed by atoms with Crippen LogP contribution >= 0.6 is 11.6 Å². The van der Waals surface area contributed by atoms with Gasteiger partial charge in [-0.3, -0.25) is 0 Å². The molecule has 0 aliphatic rings. The maximum Gasteiger partial charge on any atom is 0.146 e. The summed E-state index contributed by atoms with van der Waals surface area (Å²) in [4.78, 5) is 6.25. The van der Waals surface area contributed by atoms with Crippen molar-refractivity contribution < 1.29 is 0 Å². The van der Waals surface area contributed by atoms with Crippen molar-refractivity contribution in [1.29, 1.82) is 5.26 Å². The highest BCUT2D eigenvalue weighted by Crippen LogP contribution is 2.21. The lowest BCUT2D eigenvalue weighted by Crippen LogP contribution is -2.19. The van der Waals surface area contributed by atoms with Crippen LogP contribution < -0.4 is 4.90 Å². The molecule has 0 aliphatic heterocycles. The SMILES string of the molecule is Cc1ccnc(N(C)Cc2cccc(Cl)c2)c1C#N. The van der Waals surface area contributed by atoms with Gasteiger partial charge in [0.15, 0.2) is 0 Å². The third-order valence-electron chi connectivity index (χ3n) is 2.92. The molecule has 0 unspecified atom stereocenters. The molecule has 0 N–H and O–H groups in total. The van der Waals surface area contributed by atoms with Crippen molar-refractivity contribution in [3.05, 3.63) is 58.2 Å². The van der Waals surface area contributed by atoms with Crippen LogP contribution in [-0.2, 0) is 6.54 Å². The van der Waals surface area contributed by atoms with Crippen LogP contribution in [0.1, 0.15) is 16.7 Å². The van der Waals surface area contributed by atoms with Crippen molar-refractivity contribution in [3.63, 3.8) is 0 Å². The molecule has 96 valence electrons. The van der Waals surface area contributed by atoms with Crippen molar-refractivity contribution in [3.8, 4) is 6.07 Å². The van der Waals surface area contributed by atoms with E-state index in [-0.39, 0.29) is 0 Å². The normalized spacial score (nSPS) is 10.0. The van der Waals surface area contributed by atoms with Gasteiger partial charge in [0, 0.05) is 24.8 Å². The molecule has 19 heavy (non-hydrogen) atoms. The van der Waals surface area contributed by atoms with Crippen LogP contribution in [0.25, 0.3) is 0 Å². The molecule has 1 aromatic carbocycles. The molecule has 0 saturated heterocycles. The van der Waals surface area contributed by atoms with Crippen molar-refractivity contribution in [2.24, 2.45) is 0 Å². The zero-order valence-electron chi connectivity index (χ0n) is 10.9. The van der Waals surface area contributed by atoms with E-state index in [9.17, 15) is 5.26 Å². The van der Waals surface area contributed by atoms with E-state index in [1.54, 1.807) is 6.20 Å². The van der Waals surface area contributed by atoms with Gasteiger partial charge in [-0.25, -0.2) is 4.98 Å². The van der Waals surface area contributed by atoms with Gasteiger partial charge < -0.3 is 4.90 Å². The maximum absolute atomic E-state index is 9.22. The molecule has 0 amide bonds. The van der Waals surface area contributed by atoms with E-state index in [0.717, 1.165) is 11.1 Å². The van der Waals surface area contributed by atoms with Gasteiger partial charge in [0.25, 0.3) is 0 Å². The molecule has 1 heterocycles. The van der Waals surface area contributed by atoms with E-state index in [1.807, 2.05) is 49.2 Å². The van der Waals surface area contributed by atoms with Crippen LogP contribution in [-0.4, -0.2) is 12.0 Å². The second-order valence-electron chi connectivity index (χ2n) is 4.42. The number of hydrogen-bond acceptors (Lipinski definition) is 3. The Kier molecular flexibility index (Phi) is 4.03. The molecule has 2 aromatic rings. The Balaban J connectivity index is 2.28. The minimum atomic E-state index is 0.618. The second-order valence-corrected chi connectivity index (χ2v) is 4.86. The van der Waals surface area contributed by atoms with E-state index in [4.69, 9.17) is 11.6 Å². The number of hydrogen-bond donors (Lipinski definition) is 0. The molecule has 4 heteroatoms. The molecule has 0 bridgehead atoms. The van der Waals surface area contributed by atoms with Crippen LogP contribution in [0.4, 0.5) is 5.82 Å². The lowest BCUT2D eigenvalue weighted by Gasteiger charge is -2.20. The first-order valence-corrected chi connectivity index (χ1v) is 6.31. The number of pyridine rings is 1. The lowest BCUT2D eigenvalue weighted by molar-refractivity contribution is 0.893. The summed E-state index contributed by atoms with van der Waals surface area (Å²) in [6.07, 6.45) is 1.72. The molecule has 0 fully saturated rings. The molecule has 0 radical (unpaired) electrons. The Morgan fingerprint density at radius 2 is 2.16 bits per heavy atom. The average Bonchev–Trinajstić information content (AvgIpc) is 2.38. The smallest absolute Gasteiger partial charge is 0.146 e. The molecule has 0 spiro atoms. The Morgan fingerprint density at radius 3 is 2.84 bits per heavy atom. The Morgan fingerprint density at radius 1 is 1.37 bits per heavy atom. The molecule has 3 nitrogen and oxygen atoms in total. The number of nitriles is 1. The van der Waals surface area contributed by atoms with E-state index in [0.29, 0.717) is 22.9 Å². The number of halogens is 1. The third kappa shape index (κ3) is 3.04. The summed E-state index contributed by atoms with van der Waals surface area (Å²) in [6.45, 7) is 2.57. The summed E-state index contributed by atoms with van der Waals surface area (Å²) >= 11 is 5.97. The van der Waals surface area contributed by atoms with E-state index >= 15 is 0 Å². The number of rotatable bonds is 3.